The highest BCUT2D eigenvalue weighted by Crippen LogP contribution is 2.30. The first kappa shape index (κ1) is 30.4. The van der Waals surface area contributed by atoms with Gasteiger partial charge in [0.25, 0.3) is 5.91 Å². The Labute approximate surface area is 259 Å². The van der Waals surface area contributed by atoms with E-state index < -0.39 is 0 Å². The Kier molecular flexibility index (Phi) is 9.46. The molecule has 2 heterocycles. The predicted octanol–water partition coefficient (Wildman–Crippen LogP) is 7.63. The fourth-order valence-corrected chi connectivity index (χ4v) is 6.02. The molecule has 6 nitrogen and oxygen atoms in total. The van der Waals surface area contributed by atoms with Crippen molar-refractivity contribution in [1.82, 2.24) is 19.8 Å². The van der Waals surface area contributed by atoms with Gasteiger partial charge in [-0.2, -0.15) is 0 Å². The number of hydrogen-bond acceptors (Lipinski definition) is 4. The van der Waals surface area contributed by atoms with Gasteiger partial charge in [0, 0.05) is 44.7 Å². The van der Waals surface area contributed by atoms with Crippen LogP contribution in [-0.2, 0) is 5.41 Å². The van der Waals surface area contributed by atoms with Crippen molar-refractivity contribution in [2.45, 2.75) is 44.9 Å². The zero-order chi connectivity index (χ0) is 29.9. The summed E-state index contributed by atoms with van der Waals surface area (Å²) in [5, 5.41) is 1.09. The summed E-state index contributed by atoms with van der Waals surface area (Å²) >= 11 is 12.7. The predicted molar refractivity (Wildman–Crippen MR) is 175 cm³/mol. The molecule has 0 bridgehead atoms. The number of H-pyrrole nitrogens is 1. The van der Waals surface area contributed by atoms with Crippen LogP contribution in [-0.4, -0.2) is 72.0 Å². The lowest BCUT2D eigenvalue weighted by Crippen LogP contribution is -2.35. The van der Waals surface area contributed by atoms with Gasteiger partial charge < -0.3 is 19.7 Å². The molecule has 0 aliphatic carbocycles. The van der Waals surface area contributed by atoms with Crippen LogP contribution < -0.4 is 4.90 Å². The lowest BCUT2D eigenvalue weighted by molar-refractivity contribution is 0.0782. The molecule has 0 saturated carbocycles. The minimum absolute atomic E-state index is 0.0248. The summed E-state index contributed by atoms with van der Waals surface area (Å²) in [5.74, 6) is 1.09. The number of amides is 1. The van der Waals surface area contributed by atoms with E-state index in [1.807, 2.05) is 60.5 Å². The molecule has 5 rings (SSSR count). The number of likely N-dealkylation sites (N-methyl/N-ethyl adjacent to an activating group) is 1. The molecule has 222 valence electrons. The molecule has 3 aromatic carbocycles. The lowest BCUT2D eigenvalue weighted by Gasteiger charge is -2.28. The molecule has 1 saturated heterocycles. The molecule has 1 fully saturated rings. The normalized spacial score (nSPS) is 15.5. The van der Waals surface area contributed by atoms with Gasteiger partial charge in [-0.25, -0.2) is 4.98 Å². The Balaban J connectivity index is 1.25. The van der Waals surface area contributed by atoms with Crippen molar-refractivity contribution in [1.29, 1.82) is 0 Å². The fourth-order valence-electron chi connectivity index (χ4n) is 5.71. The molecule has 1 unspecified atom stereocenters. The van der Waals surface area contributed by atoms with Crippen molar-refractivity contribution in [3.63, 3.8) is 0 Å². The van der Waals surface area contributed by atoms with Gasteiger partial charge in [-0.1, -0.05) is 74.3 Å². The lowest BCUT2D eigenvalue weighted by atomic mass is 9.86. The maximum absolute atomic E-state index is 13.4. The van der Waals surface area contributed by atoms with Crippen molar-refractivity contribution >= 4 is 46.1 Å². The number of halogens is 2. The van der Waals surface area contributed by atoms with Crippen molar-refractivity contribution in [3.05, 3.63) is 93.5 Å². The number of nitrogens with zero attached hydrogens (tertiary/aromatic N) is 4. The van der Waals surface area contributed by atoms with Crippen LogP contribution in [0.5, 0.6) is 0 Å². The molecule has 42 heavy (non-hydrogen) atoms. The SMILES string of the molecule is CN(CC(CCN1CCCN(c2nc3ccccc3[nH]2)CC1)c1ccc(Cl)c(Cl)c1)C(=O)c1ccc(C(C)(C)C)cc1. The number of carbonyl (C=O) groups is 1. The first-order valence-corrected chi connectivity index (χ1v) is 15.6. The number of anilines is 1. The molecule has 1 N–H and O–H groups in total. The Morgan fingerprint density at radius 2 is 1.74 bits per heavy atom. The van der Waals surface area contributed by atoms with E-state index in [4.69, 9.17) is 28.2 Å². The molecule has 1 aromatic heterocycles. The summed E-state index contributed by atoms with van der Waals surface area (Å²) in [6, 6.07) is 22.0. The standard InChI is InChI=1S/C34H41Cl2N5O/c1-34(2,3)27-13-10-24(11-14-27)32(42)39(4)23-26(25-12-15-28(35)29(36)22-25)16-19-40-17-7-18-41(21-20-40)33-37-30-8-5-6-9-31(30)38-33/h5-6,8-15,22,26H,7,16-21,23H2,1-4H3,(H,37,38). The quantitative estimate of drug-likeness (QED) is 0.224. The van der Waals surface area contributed by atoms with Gasteiger partial charge in [0.2, 0.25) is 5.95 Å². The molecule has 0 spiro atoms. The van der Waals surface area contributed by atoms with Crippen molar-refractivity contribution in [2.75, 3.05) is 51.2 Å². The summed E-state index contributed by atoms with van der Waals surface area (Å²) in [4.78, 5) is 28.5. The molecule has 4 aromatic rings. The maximum Gasteiger partial charge on any atom is 0.253 e. The first-order chi connectivity index (χ1) is 20.1. The van der Waals surface area contributed by atoms with Crippen molar-refractivity contribution in [3.8, 4) is 0 Å². The molecule has 8 heteroatoms. The van der Waals surface area contributed by atoms with Crippen molar-refractivity contribution in [2.24, 2.45) is 0 Å². The monoisotopic (exact) mass is 605 g/mol. The van der Waals surface area contributed by atoms with Gasteiger partial charge in [0.05, 0.1) is 21.1 Å². The van der Waals surface area contributed by atoms with Gasteiger partial charge in [0.15, 0.2) is 0 Å². The summed E-state index contributed by atoms with van der Waals surface area (Å²) in [7, 11) is 1.89. The number of rotatable bonds is 8. The van der Waals surface area contributed by atoms with E-state index in [9.17, 15) is 4.79 Å². The van der Waals surface area contributed by atoms with Crippen LogP contribution in [0, 0.1) is 0 Å². The summed E-state index contributed by atoms with van der Waals surface area (Å²) in [5.41, 5.74) is 5.14. The number of benzene rings is 3. The third-order valence-corrected chi connectivity index (χ3v) is 9.05. The number of aromatic amines is 1. The number of carbonyl (C=O) groups excluding carboxylic acids is 1. The molecule has 1 atom stereocenters. The largest absolute Gasteiger partial charge is 0.341 e. The highest BCUT2D eigenvalue weighted by atomic mass is 35.5. The second-order valence-electron chi connectivity index (χ2n) is 12.4. The second kappa shape index (κ2) is 13.1. The van der Waals surface area contributed by atoms with E-state index in [-0.39, 0.29) is 17.2 Å². The average molecular weight is 607 g/mol. The van der Waals surface area contributed by atoms with Crippen LogP contribution in [0.25, 0.3) is 11.0 Å². The fraction of sp³-hybridized carbons (Fsp3) is 0.412. The Hall–Kier alpha value is -3.06. The molecule has 1 amide bonds. The molecular weight excluding hydrogens is 565 g/mol. The Morgan fingerprint density at radius 1 is 0.976 bits per heavy atom. The van der Waals surface area contributed by atoms with Gasteiger partial charge in [-0.15, -0.1) is 0 Å². The number of nitrogens with one attached hydrogen (secondary N) is 1. The zero-order valence-corrected chi connectivity index (χ0v) is 26.5. The summed E-state index contributed by atoms with van der Waals surface area (Å²) in [6.07, 6.45) is 1.97. The number of fused-ring (bicyclic) bond motifs is 1. The summed E-state index contributed by atoms with van der Waals surface area (Å²) < 4.78 is 0. The van der Waals surface area contributed by atoms with Gasteiger partial charge in [0.1, 0.15) is 0 Å². The van der Waals surface area contributed by atoms with Gasteiger partial charge in [-0.05, 0) is 78.9 Å². The van der Waals surface area contributed by atoms with Crippen LogP contribution in [0.2, 0.25) is 10.0 Å². The average Bonchev–Trinajstić information content (AvgIpc) is 3.27. The molecular formula is C34H41Cl2N5O. The molecule has 1 aliphatic rings. The van der Waals surface area contributed by atoms with Crippen LogP contribution in [0.1, 0.15) is 61.0 Å². The number of aromatic nitrogens is 2. The number of imidazole rings is 1. The third kappa shape index (κ3) is 7.28. The van der Waals surface area contributed by atoms with Gasteiger partial charge in [-0.3, -0.25) is 4.79 Å². The minimum atomic E-state index is 0.0248. The van der Waals surface area contributed by atoms with Crippen LogP contribution in [0.3, 0.4) is 0 Å². The van der Waals surface area contributed by atoms with Gasteiger partial charge >= 0.3 is 0 Å². The highest BCUT2D eigenvalue weighted by molar-refractivity contribution is 6.42. The van der Waals surface area contributed by atoms with E-state index in [1.165, 1.54) is 5.56 Å². The summed E-state index contributed by atoms with van der Waals surface area (Å²) in [6.45, 7) is 11.9. The minimum Gasteiger partial charge on any atom is -0.341 e. The van der Waals surface area contributed by atoms with E-state index in [2.05, 4.69) is 53.8 Å². The van der Waals surface area contributed by atoms with Crippen molar-refractivity contribution < 1.29 is 4.79 Å². The van der Waals surface area contributed by atoms with E-state index in [0.717, 1.165) is 68.1 Å². The Morgan fingerprint density at radius 3 is 2.45 bits per heavy atom. The first-order valence-electron chi connectivity index (χ1n) is 14.8. The number of hydrogen-bond donors (Lipinski definition) is 1. The van der Waals surface area contributed by atoms with E-state index in [0.29, 0.717) is 22.2 Å². The third-order valence-electron chi connectivity index (χ3n) is 8.31. The number of para-hydroxylation sites is 2. The maximum atomic E-state index is 13.4. The Bertz CT molecular complexity index is 1480. The van der Waals surface area contributed by atoms with Crippen LogP contribution >= 0.6 is 23.2 Å². The topological polar surface area (TPSA) is 55.5 Å². The molecule has 0 radical (unpaired) electrons. The zero-order valence-electron chi connectivity index (χ0n) is 25.0. The van der Waals surface area contributed by atoms with Crippen LogP contribution in [0.15, 0.2) is 66.7 Å². The molecule has 1 aliphatic heterocycles. The second-order valence-corrected chi connectivity index (χ2v) is 13.2. The highest BCUT2D eigenvalue weighted by Gasteiger charge is 2.23. The smallest absolute Gasteiger partial charge is 0.253 e. The van der Waals surface area contributed by atoms with E-state index in [1.54, 1.807) is 0 Å². The van der Waals surface area contributed by atoms with Crippen LogP contribution in [0.4, 0.5) is 5.95 Å². The van der Waals surface area contributed by atoms with E-state index >= 15 is 0 Å².